The van der Waals surface area contributed by atoms with E-state index in [1.807, 2.05) is 6.92 Å². The highest BCUT2D eigenvalue weighted by atomic mass is 16.5. The summed E-state index contributed by atoms with van der Waals surface area (Å²) in [4.78, 5) is 24.7. The number of carbonyl (C=O) groups is 2. The normalized spacial score (nSPS) is 17.0. The summed E-state index contributed by atoms with van der Waals surface area (Å²) in [6.45, 7) is 5.35. The lowest BCUT2D eigenvalue weighted by molar-refractivity contribution is 0.0132. The van der Waals surface area contributed by atoms with Gasteiger partial charge in [-0.1, -0.05) is 12.1 Å². The molecule has 1 heterocycles. The molecule has 7 nitrogen and oxygen atoms in total. The number of urea groups is 1. The molecular weight excluding hydrogens is 312 g/mol. The van der Waals surface area contributed by atoms with Crippen LogP contribution < -0.4 is 5.32 Å². The topological polar surface area (TPSA) is 88.1 Å². The van der Waals surface area contributed by atoms with E-state index in [2.05, 4.69) is 5.32 Å². The number of carboxylic acid groups (broad SMARTS) is 1. The number of nitrogens with zero attached hydrogens (tertiary/aromatic N) is 1. The third-order valence-electron chi connectivity index (χ3n) is 3.86. The zero-order valence-corrected chi connectivity index (χ0v) is 13.9. The molecular formula is C17H24N2O5. The lowest BCUT2D eigenvalue weighted by atomic mass is 10.1. The molecule has 0 unspecified atom stereocenters. The number of rotatable bonds is 8. The Morgan fingerprint density at radius 1 is 1.29 bits per heavy atom. The summed E-state index contributed by atoms with van der Waals surface area (Å²) < 4.78 is 10.9. The SMILES string of the molecule is CCOCCO[C@H]1CCN(C(=O)NCc2ccc(C(=O)O)cc2)C1. The largest absolute Gasteiger partial charge is 0.478 e. The fourth-order valence-electron chi connectivity index (χ4n) is 2.52. The van der Waals surface area contributed by atoms with E-state index in [1.54, 1.807) is 17.0 Å². The van der Waals surface area contributed by atoms with E-state index in [1.165, 1.54) is 12.1 Å². The summed E-state index contributed by atoms with van der Waals surface area (Å²) in [5, 5.41) is 11.7. The van der Waals surface area contributed by atoms with Crippen molar-refractivity contribution in [1.29, 1.82) is 0 Å². The summed E-state index contributed by atoms with van der Waals surface area (Å²) in [6.07, 6.45) is 0.887. The van der Waals surface area contributed by atoms with Gasteiger partial charge in [0.2, 0.25) is 0 Å². The number of ether oxygens (including phenoxy) is 2. The predicted molar refractivity (Wildman–Crippen MR) is 88.1 cm³/mol. The molecule has 0 saturated carbocycles. The van der Waals surface area contributed by atoms with Gasteiger partial charge in [0, 0.05) is 26.2 Å². The summed E-state index contributed by atoms with van der Waals surface area (Å²) in [5.41, 5.74) is 1.09. The first-order valence-electron chi connectivity index (χ1n) is 8.14. The number of aromatic carboxylic acids is 1. The molecule has 24 heavy (non-hydrogen) atoms. The number of carboxylic acids is 1. The number of carbonyl (C=O) groups excluding carboxylic acids is 1. The zero-order valence-electron chi connectivity index (χ0n) is 13.9. The van der Waals surface area contributed by atoms with Crippen molar-refractivity contribution >= 4 is 12.0 Å². The van der Waals surface area contributed by atoms with E-state index >= 15 is 0 Å². The van der Waals surface area contributed by atoms with Crippen LogP contribution in [0.1, 0.15) is 29.3 Å². The highest BCUT2D eigenvalue weighted by molar-refractivity contribution is 5.87. The van der Waals surface area contributed by atoms with Crippen LogP contribution in [0.3, 0.4) is 0 Å². The number of hydrogen-bond acceptors (Lipinski definition) is 4. The number of benzene rings is 1. The lowest BCUT2D eigenvalue weighted by Crippen LogP contribution is -2.38. The number of hydrogen-bond donors (Lipinski definition) is 2. The van der Waals surface area contributed by atoms with Crippen molar-refractivity contribution in [2.24, 2.45) is 0 Å². The number of likely N-dealkylation sites (tertiary alicyclic amines) is 1. The van der Waals surface area contributed by atoms with Gasteiger partial charge in [-0.15, -0.1) is 0 Å². The van der Waals surface area contributed by atoms with Gasteiger partial charge in [-0.05, 0) is 31.0 Å². The van der Waals surface area contributed by atoms with Crippen LogP contribution in [0, 0.1) is 0 Å². The van der Waals surface area contributed by atoms with Crippen LogP contribution in [0.25, 0.3) is 0 Å². The second kappa shape index (κ2) is 9.24. The Kier molecular flexibility index (Phi) is 7.02. The van der Waals surface area contributed by atoms with Gasteiger partial charge in [-0.2, -0.15) is 0 Å². The molecule has 7 heteroatoms. The maximum Gasteiger partial charge on any atom is 0.335 e. The van der Waals surface area contributed by atoms with Crippen LogP contribution in [0.5, 0.6) is 0 Å². The van der Waals surface area contributed by atoms with Gasteiger partial charge in [0.05, 0.1) is 24.9 Å². The molecule has 2 rings (SSSR count). The van der Waals surface area contributed by atoms with E-state index in [0.29, 0.717) is 39.5 Å². The maximum absolute atomic E-state index is 12.2. The van der Waals surface area contributed by atoms with Gasteiger partial charge in [0.25, 0.3) is 0 Å². The highest BCUT2D eigenvalue weighted by Gasteiger charge is 2.26. The molecule has 1 aromatic carbocycles. The Balaban J connectivity index is 1.70. The van der Waals surface area contributed by atoms with E-state index in [0.717, 1.165) is 12.0 Å². The summed E-state index contributed by atoms with van der Waals surface area (Å²) in [5.74, 6) is -0.960. The average Bonchev–Trinajstić information content (AvgIpc) is 3.06. The molecule has 2 N–H and O–H groups in total. The fourth-order valence-corrected chi connectivity index (χ4v) is 2.52. The minimum Gasteiger partial charge on any atom is -0.478 e. The van der Waals surface area contributed by atoms with Crippen molar-refractivity contribution in [2.75, 3.05) is 32.9 Å². The first-order chi connectivity index (χ1) is 11.6. The predicted octanol–water partition coefficient (Wildman–Crippen LogP) is 1.72. The van der Waals surface area contributed by atoms with Gasteiger partial charge in [-0.25, -0.2) is 9.59 Å². The van der Waals surface area contributed by atoms with Crippen LogP contribution in [0.2, 0.25) is 0 Å². The van der Waals surface area contributed by atoms with Crippen molar-refractivity contribution in [3.63, 3.8) is 0 Å². The first kappa shape index (κ1) is 18.2. The van der Waals surface area contributed by atoms with Crippen LogP contribution in [-0.2, 0) is 16.0 Å². The quantitative estimate of drug-likeness (QED) is 0.706. The van der Waals surface area contributed by atoms with E-state index in [9.17, 15) is 9.59 Å². The van der Waals surface area contributed by atoms with Crippen molar-refractivity contribution in [1.82, 2.24) is 10.2 Å². The Hall–Kier alpha value is -2.12. The molecule has 0 spiro atoms. The van der Waals surface area contributed by atoms with Gasteiger partial charge >= 0.3 is 12.0 Å². The molecule has 1 aliphatic rings. The second-order valence-electron chi connectivity index (χ2n) is 5.59. The molecule has 1 aliphatic heterocycles. The second-order valence-corrected chi connectivity index (χ2v) is 5.59. The summed E-state index contributed by atoms with van der Waals surface area (Å²) in [7, 11) is 0. The molecule has 2 amide bonds. The minimum absolute atomic E-state index is 0.0612. The van der Waals surface area contributed by atoms with Crippen LogP contribution in [0.4, 0.5) is 4.79 Å². The van der Waals surface area contributed by atoms with E-state index in [4.69, 9.17) is 14.6 Å². The summed E-state index contributed by atoms with van der Waals surface area (Å²) >= 11 is 0. The smallest absolute Gasteiger partial charge is 0.335 e. The molecule has 0 aromatic heterocycles. The number of amides is 2. The van der Waals surface area contributed by atoms with E-state index in [-0.39, 0.29) is 17.7 Å². The Morgan fingerprint density at radius 3 is 2.71 bits per heavy atom. The van der Waals surface area contributed by atoms with Gasteiger partial charge < -0.3 is 24.8 Å². The molecule has 1 aromatic rings. The molecule has 0 bridgehead atoms. The third kappa shape index (κ3) is 5.50. The average molecular weight is 336 g/mol. The molecule has 0 aliphatic carbocycles. The lowest BCUT2D eigenvalue weighted by Gasteiger charge is -2.17. The molecule has 1 fully saturated rings. The van der Waals surface area contributed by atoms with Crippen molar-refractivity contribution in [2.45, 2.75) is 26.0 Å². The first-order valence-corrected chi connectivity index (χ1v) is 8.14. The Labute approximate surface area is 141 Å². The summed E-state index contributed by atoms with van der Waals surface area (Å²) in [6, 6.07) is 6.33. The van der Waals surface area contributed by atoms with Gasteiger partial charge in [0.1, 0.15) is 0 Å². The van der Waals surface area contributed by atoms with Gasteiger partial charge in [0.15, 0.2) is 0 Å². The fraction of sp³-hybridized carbons (Fsp3) is 0.529. The van der Waals surface area contributed by atoms with Crippen LogP contribution in [0.15, 0.2) is 24.3 Å². The van der Waals surface area contributed by atoms with Crippen molar-refractivity contribution in [3.8, 4) is 0 Å². The standard InChI is InChI=1S/C17H24N2O5/c1-2-23-9-10-24-15-7-8-19(12-15)17(22)18-11-13-3-5-14(6-4-13)16(20)21/h3-6,15H,2,7-12H2,1H3,(H,18,22)(H,20,21)/t15-/m0/s1. The molecule has 1 atom stereocenters. The molecule has 1 saturated heterocycles. The zero-order chi connectivity index (χ0) is 17.4. The highest BCUT2D eigenvalue weighted by Crippen LogP contribution is 2.13. The molecule has 132 valence electrons. The minimum atomic E-state index is -0.960. The van der Waals surface area contributed by atoms with E-state index < -0.39 is 5.97 Å². The maximum atomic E-state index is 12.2. The molecule has 0 radical (unpaired) electrons. The third-order valence-corrected chi connectivity index (χ3v) is 3.86. The Bertz CT molecular complexity index is 546. The van der Waals surface area contributed by atoms with Crippen LogP contribution in [-0.4, -0.2) is 61.0 Å². The number of nitrogens with one attached hydrogen (secondary N) is 1. The van der Waals surface area contributed by atoms with Crippen molar-refractivity contribution in [3.05, 3.63) is 35.4 Å². The Morgan fingerprint density at radius 2 is 2.04 bits per heavy atom. The monoisotopic (exact) mass is 336 g/mol. The van der Waals surface area contributed by atoms with Crippen molar-refractivity contribution < 1.29 is 24.2 Å². The van der Waals surface area contributed by atoms with Crippen LogP contribution >= 0.6 is 0 Å². The van der Waals surface area contributed by atoms with Gasteiger partial charge in [-0.3, -0.25) is 0 Å².